The topological polar surface area (TPSA) is 65.0 Å². The van der Waals surface area contributed by atoms with E-state index in [2.05, 4.69) is 23.5 Å². The second kappa shape index (κ2) is 6.67. The van der Waals surface area contributed by atoms with Crippen molar-refractivity contribution in [1.82, 2.24) is 14.5 Å². The number of piperidine rings is 1. The fourth-order valence-electron chi connectivity index (χ4n) is 3.44. The number of nitrogens with two attached hydrogens (primary N) is 1. The second-order valence-electron chi connectivity index (χ2n) is 6.28. The Kier molecular flexibility index (Phi) is 4.64. The van der Waals surface area contributed by atoms with Gasteiger partial charge >= 0.3 is 5.69 Å². The normalized spacial score (nSPS) is 18.9. The molecule has 5 heteroatoms. The molecule has 0 spiro atoms. The number of hydrogen-bond acceptors (Lipinski definition) is 3. The van der Waals surface area contributed by atoms with Crippen LogP contribution in [0.4, 0.5) is 0 Å². The Balaban J connectivity index is 1.96. The Morgan fingerprint density at radius 1 is 1.32 bits per heavy atom. The monoisotopic (exact) mass is 302 g/mol. The number of nitrogens with zero attached hydrogens (tertiary/aromatic N) is 2. The molecule has 5 nitrogen and oxygen atoms in total. The molecular weight excluding hydrogens is 276 g/mol. The lowest BCUT2D eigenvalue weighted by Gasteiger charge is -2.24. The lowest BCUT2D eigenvalue weighted by atomic mass is 10.1. The zero-order chi connectivity index (χ0) is 15.5. The minimum atomic E-state index is 0.0998. The number of imidazole rings is 1. The molecule has 0 radical (unpaired) electrons. The maximum atomic E-state index is 12.6. The van der Waals surface area contributed by atoms with Crippen molar-refractivity contribution < 1.29 is 0 Å². The highest BCUT2D eigenvalue weighted by atomic mass is 16.1. The average Bonchev–Trinajstić information content (AvgIpc) is 2.80. The summed E-state index contributed by atoms with van der Waals surface area (Å²) in [6, 6.07) is 6.71. The van der Waals surface area contributed by atoms with Crippen molar-refractivity contribution in [2.24, 2.45) is 12.8 Å². The lowest BCUT2D eigenvalue weighted by molar-refractivity contribution is 0.369. The van der Waals surface area contributed by atoms with Crippen molar-refractivity contribution in [3.63, 3.8) is 0 Å². The molecule has 0 amide bonds. The van der Waals surface area contributed by atoms with Crippen molar-refractivity contribution in [3.8, 4) is 0 Å². The Hall–Kier alpha value is -1.59. The van der Waals surface area contributed by atoms with E-state index in [9.17, 15) is 4.79 Å². The summed E-state index contributed by atoms with van der Waals surface area (Å²) in [5.74, 6) is 0. The van der Waals surface area contributed by atoms with Gasteiger partial charge in [0.1, 0.15) is 0 Å². The fraction of sp³-hybridized carbons (Fsp3) is 0.588. The van der Waals surface area contributed by atoms with Gasteiger partial charge in [-0.25, -0.2) is 4.79 Å². The molecule has 1 unspecified atom stereocenters. The Bertz CT molecular complexity index is 694. The number of unbranched alkanes of at least 4 members (excludes halogenated alkanes) is 1. The van der Waals surface area contributed by atoms with Crippen molar-refractivity contribution in [2.45, 2.75) is 38.1 Å². The zero-order valence-electron chi connectivity index (χ0n) is 13.3. The minimum absolute atomic E-state index is 0.0998. The van der Waals surface area contributed by atoms with Crippen molar-refractivity contribution in [3.05, 3.63) is 34.2 Å². The number of nitrogens with one attached hydrogen (secondary N) is 1. The van der Waals surface area contributed by atoms with Gasteiger partial charge in [0, 0.05) is 13.6 Å². The first kappa shape index (κ1) is 15.3. The smallest absolute Gasteiger partial charge is 0.329 e. The van der Waals surface area contributed by atoms with Crippen LogP contribution in [0.25, 0.3) is 11.0 Å². The molecule has 3 N–H and O–H groups in total. The first-order valence-electron chi connectivity index (χ1n) is 8.33. The predicted molar refractivity (Wildman–Crippen MR) is 90.3 cm³/mol. The van der Waals surface area contributed by atoms with Gasteiger partial charge in [0.05, 0.1) is 17.1 Å². The predicted octanol–water partition coefficient (Wildman–Crippen LogP) is 1.55. The molecule has 1 atom stereocenters. The first-order valence-corrected chi connectivity index (χ1v) is 8.33. The molecule has 1 saturated heterocycles. The molecule has 2 heterocycles. The van der Waals surface area contributed by atoms with E-state index in [-0.39, 0.29) is 11.7 Å². The van der Waals surface area contributed by atoms with Crippen LogP contribution in [-0.4, -0.2) is 28.8 Å². The van der Waals surface area contributed by atoms with Crippen LogP contribution in [0.2, 0.25) is 0 Å². The number of hydrogen-bond donors (Lipinski definition) is 2. The van der Waals surface area contributed by atoms with Crippen LogP contribution in [0.15, 0.2) is 23.0 Å². The van der Waals surface area contributed by atoms with Crippen molar-refractivity contribution in [1.29, 1.82) is 0 Å². The second-order valence-corrected chi connectivity index (χ2v) is 6.28. The van der Waals surface area contributed by atoms with E-state index in [4.69, 9.17) is 5.73 Å². The molecule has 0 aliphatic carbocycles. The van der Waals surface area contributed by atoms with Gasteiger partial charge in [-0.3, -0.25) is 9.13 Å². The fourth-order valence-corrected chi connectivity index (χ4v) is 3.44. The third-order valence-corrected chi connectivity index (χ3v) is 4.71. The van der Waals surface area contributed by atoms with E-state index >= 15 is 0 Å². The summed E-state index contributed by atoms with van der Waals surface area (Å²) in [6.07, 6.45) is 5.38. The molecule has 1 aliphatic rings. The summed E-state index contributed by atoms with van der Waals surface area (Å²) in [6.45, 7) is 2.68. The Labute approximate surface area is 131 Å². The summed E-state index contributed by atoms with van der Waals surface area (Å²) < 4.78 is 3.77. The first-order chi connectivity index (χ1) is 10.7. The molecule has 0 saturated carbocycles. The maximum Gasteiger partial charge on any atom is 0.329 e. The van der Waals surface area contributed by atoms with Crippen LogP contribution in [-0.2, 0) is 13.5 Å². The molecule has 3 rings (SSSR count). The maximum absolute atomic E-state index is 12.6. The number of benzene rings is 1. The van der Waals surface area contributed by atoms with Crippen molar-refractivity contribution in [2.75, 3.05) is 19.6 Å². The summed E-state index contributed by atoms with van der Waals surface area (Å²) in [4.78, 5) is 12.6. The third kappa shape index (κ3) is 2.83. The van der Waals surface area contributed by atoms with Gasteiger partial charge in [-0.1, -0.05) is 6.07 Å². The zero-order valence-corrected chi connectivity index (χ0v) is 13.3. The van der Waals surface area contributed by atoms with E-state index in [1.165, 1.54) is 5.56 Å². The summed E-state index contributed by atoms with van der Waals surface area (Å²) in [7, 11) is 1.88. The molecule has 0 bridgehead atoms. The molecule has 1 aromatic carbocycles. The Morgan fingerprint density at radius 3 is 2.91 bits per heavy atom. The molecular formula is C17H26N4O. The molecule has 1 aliphatic heterocycles. The molecule has 1 aromatic heterocycles. The molecule has 120 valence electrons. The quantitative estimate of drug-likeness (QED) is 0.824. The van der Waals surface area contributed by atoms with Crippen LogP contribution in [0, 0.1) is 0 Å². The SMILES string of the molecule is Cn1c(=O)n(C2CCCNC2)c2ccc(CCCCN)cc21. The Morgan fingerprint density at radius 2 is 2.18 bits per heavy atom. The number of aryl methyl sites for hydroxylation is 2. The van der Waals surface area contributed by atoms with Gasteiger partial charge in [-0.05, 0) is 62.9 Å². The van der Waals surface area contributed by atoms with E-state index in [0.717, 1.165) is 62.8 Å². The number of fused-ring (bicyclic) bond motifs is 1. The van der Waals surface area contributed by atoms with Crippen LogP contribution in [0.5, 0.6) is 0 Å². The van der Waals surface area contributed by atoms with Gasteiger partial charge in [-0.15, -0.1) is 0 Å². The third-order valence-electron chi connectivity index (χ3n) is 4.71. The van der Waals surface area contributed by atoms with E-state index in [1.54, 1.807) is 4.57 Å². The minimum Gasteiger partial charge on any atom is -0.330 e. The van der Waals surface area contributed by atoms with Gasteiger partial charge in [-0.2, -0.15) is 0 Å². The highest BCUT2D eigenvalue weighted by molar-refractivity contribution is 5.77. The molecule has 2 aromatic rings. The van der Waals surface area contributed by atoms with Gasteiger partial charge in [0.15, 0.2) is 0 Å². The summed E-state index contributed by atoms with van der Waals surface area (Å²) in [5.41, 5.74) is 9.05. The highest BCUT2D eigenvalue weighted by Crippen LogP contribution is 2.23. The van der Waals surface area contributed by atoms with Gasteiger partial charge in [0.25, 0.3) is 0 Å². The average molecular weight is 302 g/mol. The largest absolute Gasteiger partial charge is 0.330 e. The van der Waals surface area contributed by atoms with Crippen LogP contribution in [0.3, 0.4) is 0 Å². The highest BCUT2D eigenvalue weighted by Gasteiger charge is 2.21. The number of aromatic nitrogens is 2. The summed E-state index contributed by atoms with van der Waals surface area (Å²) in [5, 5.41) is 3.40. The molecule has 1 fully saturated rings. The van der Waals surface area contributed by atoms with Gasteiger partial charge in [0.2, 0.25) is 0 Å². The lowest BCUT2D eigenvalue weighted by Crippen LogP contribution is -2.36. The summed E-state index contributed by atoms with van der Waals surface area (Å²) >= 11 is 0. The van der Waals surface area contributed by atoms with E-state index < -0.39 is 0 Å². The standard InChI is InChI=1S/C17H26N4O/c1-20-16-11-13(5-2-3-9-18)7-8-15(16)21(17(20)22)14-6-4-10-19-12-14/h7-8,11,14,19H,2-6,9-10,12,18H2,1H3. The molecule has 22 heavy (non-hydrogen) atoms. The van der Waals surface area contributed by atoms with Gasteiger partial charge < -0.3 is 11.1 Å². The van der Waals surface area contributed by atoms with E-state index in [0.29, 0.717) is 0 Å². The van der Waals surface area contributed by atoms with Crippen LogP contribution in [0.1, 0.15) is 37.3 Å². The number of rotatable bonds is 5. The van der Waals surface area contributed by atoms with Crippen LogP contribution < -0.4 is 16.7 Å². The van der Waals surface area contributed by atoms with E-state index in [1.807, 2.05) is 11.6 Å². The van der Waals surface area contributed by atoms with Crippen molar-refractivity contribution >= 4 is 11.0 Å². The van der Waals surface area contributed by atoms with Crippen LogP contribution >= 0.6 is 0 Å².